The quantitative estimate of drug-likeness (QED) is 0.622. The summed E-state index contributed by atoms with van der Waals surface area (Å²) in [5.41, 5.74) is 4.17. The lowest BCUT2D eigenvalue weighted by atomic mass is 9.87. The van der Waals surface area contributed by atoms with Gasteiger partial charge in [0.2, 0.25) is 5.89 Å². The minimum atomic E-state index is 0.125. The summed E-state index contributed by atoms with van der Waals surface area (Å²) in [7, 11) is 0. The van der Waals surface area contributed by atoms with Gasteiger partial charge in [0.1, 0.15) is 5.52 Å². The maximum Gasteiger partial charge on any atom is 0.227 e. The molecule has 0 saturated heterocycles. The van der Waals surface area contributed by atoms with Crippen LogP contribution < -0.4 is 0 Å². The van der Waals surface area contributed by atoms with Crippen molar-refractivity contribution < 1.29 is 4.42 Å². The van der Waals surface area contributed by atoms with Crippen molar-refractivity contribution in [2.45, 2.75) is 26.2 Å². The van der Waals surface area contributed by atoms with Crippen LogP contribution >= 0.6 is 0 Å². The molecule has 2 aromatic carbocycles. The standard InChI is InChI=1S/C17H17NO/c1-17(2,3)13-9-10-15-14(11-13)18-16(19-15)12-7-5-4-6-8-12/h4-11H,1-3H3/i16+1. The smallest absolute Gasteiger partial charge is 0.227 e. The van der Waals surface area contributed by atoms with E-state index < -0.39 is 0 Å². The van der Waals surface area contributed by atoms with Crippen LogP contribution in [-0.4, -0.2) is 4.98 Å². The molecule has 0 saturated carbocycles. The fourth-order valence-corrected chi connectivity index (χ4v) is 2.10. The van der Waals surface area contributed by atoms with Gasteiger partial charge in [-0.05, 0) is 35.2 Å². The average Bonchev–Trinajstić information content (AvgIpc) is 2.81. The summed E-state index contributed by atoms with van der Waals surface area (Å²) in [6.07, 6.45) is 0. The zero-order valence-corrected chi connectivity index (χ0v) is 11.5. The van der Waals surface area contributed by atoms with E-state index in [1.165, 1.54) is 5.56 Å². The number of rotatable bonds is 1. The predicted molar refractivity (Wildman–Crippen MR) is 78.1 cm³/mol. The van der Waals surface area contributed by atoms with Crippen molar-refractivity contribution >= 4 is 11.1 Å². The van der Waals surface area contributed by atoms with Gasteiger partial charge in [0.15, 0.2) is 5.58 Å². The second kappa shape index (κ2) is 4.23. The largest absolute Gasteiger partial charge is 0.436 e. The first-order valence-corrected chi connectivity index (χ1v) is 6.50. The van der Waals surface area contributed by atoms with Gasteiger partial charge in [0.25, 0.3) is 0 Å². The molecule has 1 heterocycles. The Hall–Kier alpha value is -2.09. The molecule has 0 amide bonds. The molecule has 19 heavy (non-hydrogen) atoms. The Bertz CT molecular complexity index is 705. The molecule has 96 valence electrons. The van der Waals surface area contributed by atoms with Crippen molar-refractivity contribution in [3.05, 3.63) is 54.1 Å². The zero-order valence-electron chi connectivity index (χ0n) is 11.5. The third kappa shape index (κ3) is 2.26. The maximum absolute atomic E-state index is 5.81. The molecule has 0 bridgehead atoms. The predicted octanol–water partition coefficient (Wildman–Crippen LogP) is 4.79. The number of benzene rings is 2. The van der Waals surface area contributed by atoms with Gasteiger partial charge in [-0.2, -0.15) is 0 Å². The Morgan fingerprint density at radius 1 is 0.947 bits per heavy atom. The molecule has 0 spiro atoms. The van der Waals surface area contributed by atoms with Gasteiger partial charge < -0.3 is 4.42 Å². The molecule has 0 radical (unpaired) electrons. The van der Waals surface area contributed by atoms with Crippen LogP contribution in [-0.2, 0) is 5.41 Å². The molecule has 0 aliphatic carbocycles. The van der Waals surface area contributed by atoms with Crippen LogP contribution in [0.25, 0.3) is 22.6 Å². The molecule has 0 N–H and O–H groups in total. The van der Waals surface area contributed by atoms with E-state index in [1.54, 1.807) is 0 Å². The van der Waals surface area contributed by atoms with Gasteiger partial charge in [-0.3, -0.25) is 0 Å². The number of hydrogen-bond donors (Lipinski definition) is 0. The minimum Gasteiger partial charge on any atom is -0.436 e. The SMILES string of the molecule is CC(C)(C)c1ccc2o[13c](-c3ccccc3)nc2c1. The topological polar surface area (TPSA) is 26.0 Å². The Morgan fingerprint density at radius 3 is 2.37 bits per heavy atom. The van der Waals surface area contributed by atoms with Gasteiger partial charge in [-0.25, -0.2) is 4.98 Å². The average molecular weight is 252 g/mol. The molecule has 2 nitrogen and oxygen atoms in total. The molecule has 1 aromatic heterocycles. The van der Waals surface area contributed by atoms with Gasteiger partial charge in [0.05, 0.1) is 0 Å². The van der Waals surface area contributed by atoms with Crippen LogP contribution in [0.15, 0.2) is 52.9 Å². The normalized spacial score (nSPS) is 11.9. The van der Waals surface area contributed by atoms with Crippen molar-refractivity contribution in [2.75, 3.05) is 0 Å². The van der Waals surface area contributed by atoms with E-state index in [0.29, 0.717) is 5.89 Å². The Kier molecular flexibility index (Phi) is 2.67. The van der Waals surface area contributed by atoms with Crippen molar-refractivity contribution in [1.82, 2.24) is 4.98 Å². The Balaban J connectivity index is 2.12. The highest BCUT2D eigenvalue weighted by Gasteiger charge is 2.16. The van der Waals surface area contributed by atoms with Crippen LogP contribution in [0.4, 0.5) is 0 Å². The molecule has 0 atom stereocenters. The van der Waals surface area contributed by atoms with Crippen LogP contribution in [0.2, 0.25) is 0 Å². The van der Waals surface area contributed by atoms with Gasteiger partial charge in [0, 0.05) is 5.56 Å². The van der Waals surface area contributed by atoms with Crippen molar-refractivity contribution in [3.8, 4) is 11.5 Å². The Labute approximate surface area is 113 Å². The lowest BCUT2D eigenvalue weighted by molar-refractivity contribution is 0.590. The van der Waals surface area contributed by atoms with Gasteiger partial charge in [-0.1, -0.05) is 45.0 Å². The summed E-state index contributed by atoms with van der Waals surface area (Å²) in [6.45, 7) is 6.60. The maximum atomic E-state index is 5.81. The van der Waals surface area contributed by atoms with E-state index in [0.717, 1.165) is 16.7 Å². The molecule has 0 aliphatic rings. The van der Waals surface area contributed by atoms with Gasteiger partial charge in [-0.15, -0.1) is 0 Å². The fourth-order valence-electron chi connectivity index (χ4n) is 2.10. The third-order valence-electron chi connectivity index (χ3n) is 3.27. The molecular weight excluding hydrogens is 235 g/mol. The third-order valence-corrected chi connectivity index (χ3v) is 3.27. The van der Waals surface area contributed by atoms with Gasteiger partial charge >= 0.3 is 0 Å². The molecule has 0 unspecified atom stereocenters. The molecule has 3 rings (SSSR count). The monoisotopic (exact) mass is 252 g/mol. The number of nitrogens with zero attached hydrogens (tertiary/aromatic N) is 1. The highest BCUT2D eigenvalue weighted by Crippen LogP contribution is 2.28. The molecule has 0 aliphatic heterocycles. The summed E-state index contributed by atoms with van der Waals surface area (Å²) < 4.78 is 5.81. The van der Waals surface area contributed by atoms with E-state index in [1.807, 2.05) is 36.4 Å². The second-order valence-electron chi connectivity index (χ2n) is 5.82. The van der Waals surface area contributed by atoms with Crippen molar-refractivity contribution in [3.63, 3.8) is 0 Å². The number of aromatic nitrogens is 1. The molecular formula is C17H17NO. The van der Waals surface area contributed by atoms with Crippen molar-refractivity contribution in [2.24, 2.45) is 0 Å². The first-order chi connectivity index (χ1) is 9.04. The van der Waals surface area contributed by atoms with E-state index in [9.17, 15) is 0 Å². The number of fused-ring (bicyclic) bond motifs is 1. The number of oxazole rings is 1. The van der Waals surface area contributed by atoms with Crippen LogP contribution in [0.5, 0.6) is 0 Å². The summed E-state index contributed by atoms with van der Waals surface area (Å²) in [6, 6.07) is 16.2. The summed E-state index contributed by atoms with van der Waals surface area (Å²) in [5.74, 6) is 0.682. The number of hydrogen-bond acceptors (Lipinski definition) is 2. The first kappa shape index (κ1) is 12.0. The van der Waals surface area contributed by atoms with Crippen LogP contribution in [0.1, 0.15) is 26.3 Å². The second-order valence-corrected chi connectivity index (χ2v) is 5.82. The van der Waals surface area contributed by atoms with E-state index in [4.69, 9.17) is 4.42 Å². The van der Waals surface area contributed by atoms with Crippen molar-refractivity contribution in [1.29, 1.82) is 0 Å². The molecule has 2 heteroatoms. The Morgan fingerprint density at radius 2 is 1.68 bits per heavy atom. The van der Waals surface area contributed by atoms with Crippen LogP contribution in [0.3, 0.4) is 0 Å². The summed E-state index contributed by atoms with van der Waals surface area (Å²) >= 11 is 0. The zero-order chi connectivity index (χ0) is 13.5. The highest BCUT2D eigenvalue weighted by molar-refractivity contribution is 5.77. The first-order valence-electron chi connectivity index (χ1n) is 6.50. The molecule has 0 fully saturated rings. The lowest BCUT2D eigenvalue weighted by Crippen LogP contribution is -2.10. The van der Waals surface area contributed by atoms with E-state index in [-0.39, 0.29) is 5.41 Å². The van der Waals surface area contributed by atoms with E-state index >= 15 is 0 Å². The highest BCUT2D eigenvalue weighted by atomic mass is 16.4. The fraction of sp³-hybridized carbons (Fsp3) is 0.235. The minimum absolute atomic E-state index is 0.125. The van der Waals surface area contributed by atoms with E-state index in [2.05, 4.69) is 37.9 Å². The summed E-state index contributed by atoms with van der Waals surface area (Å²) in [4.78, 5) is 4.59. The van der Waals surface area contributed by atoms with Crippen LogP contribution in [0, 0.1) is 0 Å². The summed E-state index contributed by atoms with van der Waals surface area (Å²) in [5, 5.41) is 0. The lowest BCUT2D eigenvalue weighted by Gasteiger charge is -2.18. The molecule has 3 aromatic rings.